The maximum Gasteiger partial charge on any atom is 0.0992 e. The van der Waals surface area contributed by atoms with Gasteiger partial charge >= 0.3 is 0 Å². The first-order valence-electron chi connectivity index (χ1n) is 4.78. The first-order chi connectivity index (χ1) is 7.17. The summed E-state index contributed by atoms with van der Waals surface area (Å²) in [7, 11) is 1.92. The van der Waals surface area contributed by atoms with Crippen LogP contribution in [-0.2, 0) is 0 Å². The second-order valence-electron chi connectivity index (χ2n) is 3.57. The van der Waals surface area contributed by atoms with Crippen LogP contribution in [0.4, 0.5) is 5.69 Å². The lowest BCUT2D eigenvalue weighted by Crippen LogP contribution is -2.23. The van der Waals surface area contributed by atoms with Crippen molar-refractivity contribution in [2.24, 2.45) is 5.92 Å². The Kier molecular flexibility index (Phi) is 3.71. The number of hydrogen-bond acceptors (Lipinski definition) is 3. The third kappa shape index (κ3) is 3.00. The zero-order valence-electron chi connectivity index (χ0n) is 8.94. The molecule has 1 rings (SSSR count). The fraction of sp³-hybridized carbons (Fsp3) is 0.333. The Bertz CT molecular complexity index is 412. The van der Waals surface area contributed by atoms with Crippen molar-refractivity contribution in [3.05, 3.63) is 29.8 Å². The van der Waals surface area contributed by atoms with E-state index in [1.165, 1.54) is 0 Å². The van der Waals surface area contributed by atoms with Crippen LogP contribution in [0.3, 0.4) is 0 Å². The van der Waals surface area contributed by atoms with Gasteiger partial charge in [-0.3, -0.25) is 0 Å². The molecular weight excluding hydrogens is 186 g/mol. The van der Waals surface area contributed by atoms with E-state index in [9.17, 15) is 0 Å². The van der Waals surface area contributed by atoms with E-state index < -0.39 is 0 Å². The summed E-state index contributed by atoms with van der Waals surface area (Å²) in [4.78, 5) is 1.98. The predicted octanol–water partition coefficient (Wildman–Crippen LogP) is 2.15. The second-order valence-corrected chi connectivity index (χ2v) is 3.57. The molecule has 1 aromatic rings. The van der Waals surface area contributed by atoms with Crippen molar-refractivity contribution in [3.63, 3.8) is 0 Å². The summed E-state index contributed by atoms with van der Waals surface area (Å²) in [5.74, 6) is -0.0132. The molecule has 0 aliphatic carbocycles. The van der Waals surface area contributed by atoms with Crippen molar-refractivity contribution >= 4 is 5.69 Å². The minimum Gasteiger partial charge on any atom is -0.373 e. The quantitative estimate of drug-likeness (QED) is 0.749. The van der Waals surface area contributed by atoms with Gasteiger partial charge in [0.05, 0.1) is 23.6 Å². The van der Waals surface area contributed by atoms with E-state index in [2.05, 4.69) is 12.1 Å². The van der Waals surface area contributed by atoms with E-state index in [-0.39, 0.29) is 5.92 Å². The largest absolute Gasteiger partial charge is 0.373 e. The summed E-state index contributed by atoms with van der Waals surface area (Å²) < 4.78 is 0. The van der Waals surface area contributed by atoms with Gasteiger partial charge in [0.25, 0.3) is 0 Å². The van der Waals surface area contributed by atoms with Crippen molar-refractivity contribution in [2.75, 3.05) is 18.5 Å². The lowest BCUT2D eigenvalue weighted by atomic mass is 10.1. The van der Waals surface area contributed by atoms with E-state index in [1.807, 2.05) is 37.1 Å². The molecule has 0 spiro atoms. The molecule has 0 aliphatic heterocycles. The molecule has 0 fully saturated rings. The SMILES string of the molecule is CC(C#N)CN(C)c1cccc(C#N)c1. The first-order valence-corrected chi connectivity index (χ1v) is 4.78. The molecule has 0 saturated heterocycles. The Balaban J connectivity index is 2.79. The molecule has 0 aromatic heterocycles. The van der Waals surface area contributed by atoms with Gasteiger partial charge in [0.1, 0.15) is 0 Å². The summed E-state index contributed by atoms with van der Waals surface area (Å²) >= 11 is 0. The molecule has 0 N–H and O–H groups in total. The number of hydrogen-bond donors (Lipinski definition) is 0. The van der Waals surface area contributed by atoms with Crippen LogP contribution in [-0.4, -0.2) is 13.6 Å². The van der Waals surface area contributed by atoms with Crippen molar-refractivity contribution in [1.82, 2.24) is 0 Å². The van der Waals surface area contributed by atoms with Crippen LogP contribution in [0.25, 0.3) is 0 Å². The third-order valence-corrected chi connectivity index (χ3v) is 2.18. The molecule has 3 heteroatoms. The number of rotatable bonds is 3. The van der Waals surface area contributed by atoms with Gasteiger partial charge in [-0.15, -0.1) is 0 Å². The minimum absolute atomic E-state index is 0.0132. The van der Waals surface area contributed by atoms with Crippen LogP contribution in [0.2, 0.25) is 0 Å². The van der Waals surface area contributed by atoms with E-state index in [0.29, 0.717) is 12.1 Å². The maximum absolute atomic E-state index is 8.75. The first kappa shape index (κ1) is 11.1. The highest BCUT2D eigenvalue weighted by Gasteiger charge is 2.06. The Morgan fingerprint density at radius 3 is 2.73 bits per heavy atom. The van der Waals surface area contributed by atoms with Crippen LogP contribution in [0.15, 0.2) is 24.3 Å². The van der Waals surface area contributed by atoms with Crippen LogP contribution in [0.1, 0.15) is 12.5 Å². The van der Waals surface area contributed by atoms with Crippen molar-refractivity contribution in [2.45, 2.75) is 6.92 Å². The molecule has 76 valence electrons. The number of anilines is 1. The van der Waals surface area contributed by atoms with Gasteiger partial charge in [0.15, 0.2) is 0 Å². The molecule has 0 radical (unpaired) electrons. The molecule has 15 heavy (non-hydrogen) atoms. The number of nitrogens with zero attached hydrogens (tertiary/aromatic N) is 3. The van der Waals surface area contributed by atoms with E-state index in [4.69, 9.17) is 10.5 Å². The van der Waals surface area contributed by atoms with Crippen molar-refractivity contribution in [1.29, 1.82) is 10.5 Å². The zero-order chi connectivity index (χ0) is 11.3. The van der Waals surface area contributed by atoms with Gasteiger partial charge in [0.2, 0.25) is 0 Å². The molecule has 0 bridgehead atoms. The lowest BCUT2D eigenvalue weighted by molar-refractivity contribution is 0.716. The van der Waals surface area contributed by atoms with Gasteiger partial charge in [-0.25, -0.2) is 0 Å². The van der Waals surface area contributed by atoms with Crippen molar-refractivity contribution in [3.8, 4) is 12.1 Å². The summed E-state index contributed by atoms with van der Waals surface area (Å²) in [6.45, 7) is 2.55. The van der Waals surface area contributed by atoms with E-state index >= 15 is 0 Å². The zero-order valence-corrected chi connectivity index (χ0v) is 8.94. The third-order valence-electron chi connectivity index (χ3n) is 2.18. The summed E-state index contributed by atoms with van der Waals surface area (Å²) in [5.41, 5.74) is 1.61. The Labute approximate surface area is 90.2 Å². The molecule has 0 saturated carbocycles. The fourth-order valence-electron chi connectivity index (χ4n) is 1.37. The maximum atomic E-state index is 8.75. The smallest absolute Gasteiger partial charge is 0.0992 e. The van der Waals surface area contributed by atoms with Gasteiger partial charge in [0, 0.05) is 19.3 Å². The molecule has 1 unspecified atom stereocenters. The van der Waals surface area contributed by atoms with Crippen molar-refractivity contribution < 1.29 is 0 Å². The Morgan fingerprint density at radius 1 is 1.40 bits per heavy atom. The van der Waals surface area contributed by atoms with Gasteiger partial charge in [-0.1, -0.05) is 6.07 Å². The number of benzene rings is 1. The normalized spacial score (nSPS) is 11.2. The number of nitriles is 2. The molecule has 0 aliphatic rings. The summed E-state index contributed by atoms with van der Waals surface area (Å²) in [6.07, 6.45) is 0. The van der Waals surface area contributed by atoms with Gasteiger partial charge < -0.3 is 4.90 Å². The standard InChI is InChI=1S/C12H13N3/c1-10(7-13)9-15(2)12-5-3-4-11(6-12)8-14/h3-6,10H,9H2,1-2H3. The second kappa shape index (κ2) is 5.02. The Morgan fingerprint density at radius 2 is 2.13 bits per heavy atom. The highest BCUT2D eigenvalue weighted by atomic mass is 15.1. The van der Waals surface area contributed by atoms with Crippen LogP contribution in [0.5, 0.6) is 0 Å². The summed E-state index contributed by atoms with van der Waals surface area (Å²) in [5, 5.41) is 17.5. The monoisotopic (exact) mass is 199 g/mol. The molecule has 0 heterocycles. The molecular formula is C12H13N3. The average Bonchev–Trinajstić information content (AvgIpc) is 2.28. The van der Waals surface area contributed by atoms with Crippen LogP contribution < -0.4 is 4.90 Å². The van der Waals surface area contributed by atoms with Gasteiger partial charge in [-0.05, 0) is 25.1 Å². The van der Waals surface area contributed by atoms with E-state index in [1.54, 1.807) is 6.07 Å². The molecule has 1 aromatic carbocycles. The topological polar surface area (TPSA) is 50.8 Å². The lowest BCUT2D eigenvalue weighted by Gasteiger charge is -2.20. The summed E-state index contributed by atoms with van der Waals surface area (Å²) in [6, 6.07) is 11.7. The average molecular weight is 199 g/mol. The minimum atomic E-state index is -0.0132. The highest BCUT2D eigenvalue weighted by molar-refractivity contribution is 5.50. The van der Waals surface area contributed by atoms with Crippen LogP contribution >= 0.6 is 0 Å². The molecule has 0 amide bonds. The van der Waals surface area contributed by atoms with E-state index in [0.717, 1.165) is 5.69 Å². The molecule has 3 nitrogen and oxygen atoms in total. The fourth-order valence-corrected chi connectivity index (χ4v) is 1.37. The molecule has 1 atom stereocenters. The van der Waals surface area contributed by atoms with Crippen LogP contribution in [0, 0.1) is 28.6 Å². The highest BCUT2D eigenvalue weighted by Crippen LogP contribution is 2.15. The Hall–Kier alpha value is -2.00. The van der Waals surface area contributed by atoms with Gasteiger partial charge in [-0.2, -0.15) is 10.5 Å². The predicted molar refractivity (Wildman–Crippen MR) is 59.2 cm³/mol.